The number of H-pyrrole nitrogens is 1. The highest BCUT2D eigenvalue weighted by atomic mass is 16.5. The Morgan fingerprint density at radius 3 is 2.23 bits per heavy atom. The summed E-state index contributed by atoms with van der Waals surface area (Å²) in [7, 11) is 1.65. The molecule has 2 saturated heterocycles. The van der Waals surface area contributed by atoms with Crippen LogP contribution in [0.25, 0.3) is 10.9 Å². The van der Waals surface area contributed by atoms with Gasteiger partial charge in [0.1, 0.15) is 11.8 Å². The van der Waals surface area contributed by atoms with E-state index in [0.717, 1.165) is 62.3 Å². The van der Waals surface area contributed by atoms with E-state index in [1.165, 1.54) is 11.1 Å². The third-order valence-corrected chi connectivity index (χ3v) is 8.89. The van der Waals surface area contributed by atoms with Crippen molar-refractivity contribution in [3.05, 3.63) is 118 Å². The topological polar surface area (TPSA) is 101 Å². The highest BCUT2D eigenvalue weighted by Gasteiger charge is 2.35. The van der Waals surface area contributed by atoms with Crippen molar-refractivity contribution in [1.82, 2.24) is 35.0 Å². The summed E-state index contributed by atoms with van der Waals surface area (Å²) in [5.74, 6) is 1.39. The molecule has 2 fully saturated rings. The molecule has 10 nitrogen and oxygen atoms in total. The molecule has 2 atom stereocenters. The molecule has 3 aromatic carbocycles. The van der Waals surface area contributed by atoms with Crippen molar-refractivity contribution in [1.29, 1.82) is 0 Å². The summed E-state index contributed by atoms with van der Waals surface area (Å²) < 4.78 is 13.2. The van der Waals surface area contributed by atoms with Crippen LogP contribution in [0.5, 0.6) is 5.75 Å². The van der Waals surface area contributed by atoms with Gasteiger partial charge in [0, 0.05) is 49.3 Å². The number of piperazine rings is 1. The Morgan fingerprint density at radius 2 is 1.59 bits per heavy atom. The molecule has 5 aromatic rings. The number of aromatic nitrogens is 5. The molecule has 44 heavy (non-hydrogen) atoms. The molecule has 10 heteroatoms. The molecule has 0 spiro atoms. The first kappa shape index (κ1) is 28.4. The summed E-state index contributed by atoms with van der Waals surface area (Å²) in [6.45, 7) is 4.42. The van der Waals surface area contributed by atoms with Gasteiger partial charge in [-0.3, -0.25) is 14.6 Å². The highest BCUT2D eigenvalue weighted by Crippen LogP contribution is 2.33. The van der Waals surface area contributed by atoms with Crippen molar-refractivity contribution in [2.75, 3.05) is 39.9 Å². The fraction of sp³-hybridized carbons (Fsp3) is 0.353. The molecule has 0 radical (unpaired) electrons. The second kappa shape index (κ2) is 12.7. The van der Waals surface area contributed by atoms with Crippen LogP contribution in [0, 0.1) is 0 Å². The van der Waals surface area contributed by atoms with E-state index in [4.69, 9.17) is 9.47 Å². The number of ether oxygens (including phenoxy) is 2. The van der Waals surface area contributed by atoms with E-state index < -0.39 is 6.04 Å². The van der Waals surface area contributed by atoms with Crippen LogP contribution in [0.15, 0.2) is 89.7 Å². The maximum atomic E-state index is 13.7. The quantitative estimate of drug-likeness (QED) is 0.272. The molecule has 2 aromatic heterocycles. The second-order valence-corrected chi connectivity index (χ2v) is 11.6. The van der Waals surface area contributed by atoms with Gasteiger partial charge >= 0.3 is 0 Å². The van der Waals surface area contributed by atoms with Gasteiger partial charge in [0.2, 0.25) is 0 Å². The number of nitrogens with one attached hydrogen (secondary N) is 1. The Morgan fingerprint density at radius 1 is 0.909 bits per heavy atom. The minimum Gasteiger partial charge on any atom is -0.497 e. The molecule has 0 saturated carbocycles. The maximum Gasteiger partial charge on any atom is 0.253 e. The van der Waals surface area contributed by atoms with E-state index in [0.29, 0.717) is 17.9 Å². The number of fused-ring (bicyclic) bond motifs is 1. The van der Waals surface area contributed by atoms with Crippen molar-refractivity contribution in [2.45, 2.75) is 37.6 Å². The number of aromatic amines is 1. The lowest BCUT2D eigenvalue weighted by Gasteiger charge is -2.42. The lowest BCUT2D eigenvalue weighted by Crippen LogP contribution is -2.50. The van der Waals surface area contributed by atoms with Gasteiger partial charge in [-0.05, 0) is 58.7 Å². The summed E-state index contributed by atoms with van der Waals surface area (Å²) in [6.07, 6.45) is 2.06. The van der Waals surface area contributed by atoms with Crippen LogP contribution in [0.1, 0.15) is 47.4 Å². The van der Waals surface area contributed by atoms with E-state index in [1.54, 1.807) is 7.11 Å². The van der Waals surface area contributed by atoms with E-state index in [1.807, 2.05) is 28.9 Å². The number of methoxy groups -OCH3 is 1. The van der Waals surface area contributed by atoms with Gasteiger partial charge in [0.25, 0.3) is 5.56 Å². The summed E-state index contributed by atoms with van der Waals surface area (Å²) in [5.41, 5.74) is 3.77. The zero-order valence-corrected chi connectivity index (χ0v) is 24.9. The van der Waals surface area contributed by atoms with Crippen LogP contribution < -0.4 is 10.3 Å². The van der Waals surface area contributed by atoms with Crippen LogP contribution in [0.4, 0.5) is 0 Å². The van der Waals surface area contributed by atoms with Gasteiger partial charge in [0.15, 0.2) is 5.82 Å². The second-order valence-electron chi connectivity index (χ2n) is 11.6. The number of pyridine rings is 1. The summed E-state index contributed by atoms with van der Waals surface area (Å²) in [6, 6.07) is 28.7. The fourth-order valence-electron chi connectivity index (χ4n) is 6.69. The number of rotatable bonds is 9. The van der Waals surface area contributed by atoms with Gasteiger partial charge in [-0.2, -0.15) is 0 Å². The first-order valence-corrected chi connectivity index (χ1v) is 15.3. The predicted molar refractivity (Wildman–Crippen MR) is 168 cm³/mol. The van der Waals surface area contributed by atoms with E-state index in [9.17, 15) is 4.79 Å². The average molecular weight is 592 g/mol. The first-order chi connectivity index (χ1) is 21.7. The standard InChI is InChI=1S/C34H37N7O3/c1-43-27-14-15-30-26(21-27)22-29(34(42)35-30)32(33-36-37-38-41(33)23-28-13-8-20-44-28)40-18-16-39(17-19-40)31(24-9-4-2-5-10-24)25-11-6-3-7-12-25/h2-7,9-12,14-15,21-22,28,31-32H,8,13,16-20,23H2,1H3,(H,35,42)/t28-,32-/m0/s1. The lowest BCUT2D eigenvalue weighted by molar-refractivity contribution is 0.0778. The minimum absolute atomic E-state index is 0.0615. The van der Waals surface area contributed by atoms with Gasteiger partial charge in [-0.1, -0.05) is 60.7 Å². The first-order valence-electron chi connectivity index (χ1n) is 15.3. The smallest absolute Gasteiger partial charge is 0.253 e. The monoisotopic (exact) mass is 591 g/mol. The minimum atomic E-state index is -0.431. The van der Waals surface area contributed by atoms with Crippen molar-refractivity contribution in [3.63, 3.8) is 0 Å². The van der Waals surface area contributed by atoms with E-state index in [2.05, 4.69) is 91.0 Å². The molecule has 7 rings (SSSR count). The number of benzene rings is 3. The number of hydrogen-bond acceptors (Lipinski definition) is 8. The molecular weight excluding hydrogens is 554 g/mol. The summed E-state index contributed by atoms with van der Waals surface area (Å²) >= 11 is 0. The molecule has 226 valence electrons. The van der Waals surface area contributed by atoms with Gasteiger partial charge < -0.3 is 14.5 Å². The van der Waals surface area contributed by atoms with Gasteiger partial charge in [-0.15, -0.1) is 5.10 Å². The maximum absolute atomic E-state index is 13.7. The Kier molecular flexibility index (Phi) is 8.19. The largest absolute Gasteiger partial charge is 0.497 e. The fourth-order valence-corrected chi connectivity index (χ4v) is 6.69. The van der Waals surface area contributed by atoms with Crippen molar-refractivity contribution in [3.8, 4) is 5.75 Å². The molecule has 0 amide bonds. The van der Waals surface area contributed by atoms with Crippen molar-refractivity contribution in [2.24, 2.45) is 0 Å². The van der Waals surface area contributed by atoms with Crippen molar-refractivity contribution >= 4 is 10.9 Å². The van der Waals surface area contributed by atoms with E-state index >= 15 is 0 Å². The molecule has 2 aliphatic heterocycles. The average Bonchev–Trinajstić information content (AvgIpc) is 3.76. The predicted octanol–water partition coefficient (Wildman–Crippen LogP) is 4.20. The highest BCUT2D eigenvalue weighted by molar-refractivity contribution is 5.80. The molecular formula is C34H37N7O3. The van der Waals surface area contributed by atoms with Crippen LogP contribution >= 0.6 is 0 Å². The summed E-state index contributed by atoms with van der Waals surface area (Å²) in [5, 5.41) is 13.9. The Bertz CT molecular complexity index is 1700. The van der Waals surface area contributed by atoms with Gasteiger partial charge in [-0.25, -0.2) is 4.68 Å². The normalized spacial score (nSPS) is 18.6. The van der Waals surface area contributed by atoms with Crippen LogP contribution in [-0.2, 0) is 11.3 Å². The lowest BCUT2D eigenvalue weighted by atomic mass is 9.96. The zero-order valence-electron chi connectivity index (χ0n) is 24.9. The Hall–Kier alpha value is -4.38. The molecule has 4 heterocycles. The molecule has 0 bridgehead atoms. The molecule has 0 unspecified atom stereocenters. The number of nitrogens with zero attached hydrogens (tertiary/aromatic N) is 6. The number of hydrogen-bond donors (Lipinski definition) is 1. The van der Waals surface area contributed by atoms with Crippen LogP contribution in [-0.4, -0.2) is 81.0 Å². The van der Waals surface area contributed by atoms with Crippen molar-refractivity contribution < 1.29 is 9.47 Å². The number of tetrazole rings is 1. The SMILES string of the molecule is COc1ccc2[nH]c(=O)c([C@@H](c3nnnn3C[C@@H]3CCCO3)N3CCN(C(c4ccccc4)c4ccccc4)CC3)cc2c1. The Balaban J connectivity index is 1.24. The molecule has 1 N–H and O–H groups in total. The van der Waals surface area contributed by atoms with Gasteiger partial charge in [0.05, 0.1) is 25.8 Å². The summed E-state index contributed by atoms with van der Waals surface area (Å²) in [4.78, 5) is 21.7. The molecule has 0 aliphatic carbocycles. The third kappa shape index (κ3) is 5.76. The Labute approximate surface area is 256 Å². The third-order valence-electron chi connectivity index (χ3n) is 8.89. The van der Waals surface area contributed by atoms with Crippen LogP contribution in [0.2, 0.25) is 0 Å². The van der Waals surface area contributed by atoms with Crippen LogP contribution in [0.3, 0.4) is 0 Å². The zero-order chi connectivity index (χ0) is 29.9. The molecule has 2 aliphatic rings. The van der Waals surface area contributed by atoms with E-state index in [-0.39, 0.29) is 17.7 Å².